The summed E-state index contributed by atoms with van der Waals surface area (Å²) in [7, 11) is -3.40. The molecule has 3 N–H and O–H groups in total. The molecule has 6 heteroatoms. The van der Waals surface area contributed by atoms with Gasteiger partial charge >= 0.3 is 0 Å². The molecule has 5 nitrogen and oxygen atoms in total. The van der Waals surface area contributed by atoms with E-state index in [9.17, 15) is 8.42 Å². The Morgan fingerprint density at radius 1 is 1.20 bits per heavy atom. The lowest BCUT2D eigenvalue weighted by atomic mass is 9.78. The zero-order chi connectivity index (χ0) is 14.8. The fraction of sp³-hybridized carbons (Fsp3) is 1.00. The number of hydrogen-bond acceptors (Lipinski definition) is 3. The fourth-order valence-electron chi connectivity index (χ4n) is 3.37. The molecular formula is C14H29N3O2S. The first-order chi connectivity index (χ1) is 9.37. The van der Waals surface area contributed by atoms with Crippen molar-refractivity contribution in [2.75, 3.05) is 19.6 Å². The predicted molar refractivity (Wildman–Crippen MR) is 81.4 cm³/mol. The molecule has 0 spiro atoms. The minimum atomic E-state index is -3.40. The van der Waals surface area contributed by atoms with Gasteiger partial charge in [0.05, 0.1) is 0 Å². The van der Waals surface area contributed by atoms with Crippen molar-refractivity contribution in [3.8, 4) is 0 Å². The topological polar surface area (TPSA) is 75.4 Å². The molecule has 0 bridgehead atoms. The fourth-order valence-corrected chi connectivity index (χ4v) is 5.15. The molecule has 2 rings (SSSR count). The van der Waals surface area contributed by atoms with Gasteiger partial charge in [-0.2, -0.15) is 17.4 Å². The van der Waals surface area contributed by atoms with Crippen LogP contribution in [0.3, 0.4) is 0 Å². The molecule has 0 aromatic carbocycles. The van der Waals surface area contributed by atoms with E-state index in [0.717, 1.165) is 38.5 Å². The van der Waals surface area contributed by atoms with Crippen LogP contribution < -0.4 is 10.5 Å². The Kier molecular flexibility index (Phi) is 5.10. The van der Waals surface area contributed by atoms with Crippen LogP contribution in [0.2, 0.25) is 0 Å². The van der Waals surface area contributed by atoms with Crippen LogP contribution in [-0.4, -0.2) is 37.9 Å². The Morgan fingerprint density at radius 2 is 1.85 bits per heavy atom. The van der Waals surface area contributed by atoms with Crippen LogP contribution in [0, 0.1) is 11.8 Å². The number of nitrogens with zero attached hydrogens (tertiary/aromatic N) is 1. The van der Waals surface area contributed by atoms with Gasteiger partial charge in [-0.1, -0.05) is 13.8 Å². The molecule has 0 aromatic heterocycles. The van der Waals surface area contributed by atoms with Crippen LogP contribution >= 0.6 is 0 Å². The number of nitrogens with two attached hydrogens (primary N) is 1. The van der Waals surface area contributed by atoms with E-state index in [0.29, 0.717) is 31.5 Å². The average Bonchev–Trinajstić information content (AvgIpc) is 2.41. The van der Waals surface area contributed by atoms with Crippen molar-refractivity contribution in [3.05, 3.63) is 0 Å². The van der Waals surface area contributed by atoms with E-state index in [-0.39, 0.29) is 0 Å². The van der Waals surface area contributed by atoms with Crippen LogP contribution in [0.25, 0.3) is 0 Å². The zero-order valence-corrected chi connectivity index (χ0v) is 13.6. The van der Waals surface area contributed by atoms with Crippen molar-refractivity contribution in [2.24, 2.45) is 17.6 Å². The molecule has 118 valence electrons. The maximum absolute atomic E-state index is 12.6. The lowest BCUT2D eigenvalue weighted by Crippen LogP contribution is -2.59. The van der Waals surface area contributed by atoms with Gasteiger partial charge in [0.25, 0.3) is 10.2 Å². The van der Waals surface area contributed by atoms with Gasteiger partial charge in [-0.25, -0.2) is 0 Å². The quantitative estimate of drug-likeness (QED) is 0.825. The van der Waals surface area contributed by atoms with Crippen molar-refractivity contribution >= 4 is 10.2 Å². The number of piperidine rings is 1. The summed E-state index contributed by atoms with van der Waals surface area (Å²) in [6, 6.07) is 0. The molecular weight excluding hydrogens is 274 g/mol. The van der Waals surface area contributed by atoms with E-state index in [2.05, 4.69) is 18.6 Å². The number of rotatable bonds is 4. The van der Waals surface area contributed by atoms with E-state index in [1.165, 1.54) is 0 Å². The second kappa shape index (κ2) is 6.30. The highest BCUT2D eigenvalue weighted by molar-refractivity contribution is 7.87. The summed E-state index contributed by atoms with van der Waals surface area (Å²) in [4.78, 5) is 0. The minimum Gasteiger partial charge on any atom is -0.329 e. The highest BCUT2D eigenvalue weighted by atomic mass is 32.2. The van der Waals surface area contributed by atoms with E-state index in [4.69, 9.17) is 5.73 Å². The molecule has 1 atom stereocenters. The maximum Gasteiger partial charge on any atom is 0.280 e. The second-order valence-electron chi connectivity index (χ2n) is 6.88. The lowest BCUT2D eigenvalue weighted by Gasteiger charge is -2.41. The summed E-state index contributed by atoms with van der Waals surface area (Å²) in [5, 5.41) is 0. The Bertz CT molecular complexity index is 416. The van der Waals surface area contributed by atoms with Crippen molar-refractivity contribution < 1.29 is 8.42 Å². The van der Waals surface area contributed by atoms with Crippen molar-refractivity contribution in [1.82, 2.24) is 9.03 Å². The van der Waals surface area contributed by atoms with Gasteiger partial charge in [0.15, 0.2) is 0 Å². The third-order valence-electron chi connectivity index (χ3n) is 4.93. The third kappa shape index (κ3) is 3.72. The van der Waals surface area contributed by atoms with Crippen LogP contribution in [-0.2, 0) is 10.2 Å². The number of nitrogens with one attached hydrogen (secondary N) is 1. The Hall–Kier alpha value is -0.170. The predicted octanol–water partition coefficient (Wildman–Crippen LogP) is 1.46. The molecule has 1 aliphatic carbocycles. The van der Waals surface area contributed by atoms with E-state index >= 15 is 0 Å². The molecule has 0 aromatic rings. The van der Waals surface area contributed by atoms with Gasteiger partial charge in [-0.05, 0) is 50.4 Å². The van der Waals surface area contributed by atoms with Crippen molar-refractivity contribution in [3.63, 3.8) is 0 Å². The summed E-state index contributed by atoms with van der Waals surface area (Å²) in [6.45, 7) is 6.00. The summed E-state index contributed by atoms with van der Waals surface area (Å²) >= 11 is 0. The summed E-state index contributed by atoms with van der Waals surface area (Å²) < 4.78 is 29.8. The van der Waals surface area contributed by atoms with Gasteiger partial charge in [-0.3, -0.25) is 0 Å². The van der Waals surface area contributed by atoms with E-state index in [1.807, 2.05) is 0 Å². The molecule has 1 saturated heterocycles. The third-order valence-corrected chi connectivity index (χ3v) is 6.63. The molecule has 0 radical (unpaired) electrons. The summed E-state index contributed by atoms with van der Waals surface area (Å²) in [5.41, 5.74) is 5.48. The highest BCUT2D eigenvalue weighted by Gasteiger charge is 2.39. The first kappa shape index (κ1) is 16.2. The molecule has 2 fully saturated rings. The van der Waals surface area contributed by atoms with Crippen LogP contribution in [0.1, 0.15) is 52.4 Å². The minimum absolute atomic E-state index is 0.391. The smallest absolute Gasteiger partial charge is 0.280 e. The van der Waals surface area contributed by atoms with Crippen LogP contribution in [0.4, 0.5) is 0 Å². The van der Waals surface area contributed by atoms with Gasteiger partial charge in [-0.15, -0.1) is 0 Å². The molecule has 1 aliphatic heterocycles. The van der Waals surface area contributed by atoms with Gasteiger partial charge in [0.2, 0.25) is 0 Å². The summed E-state index contributed by atoms with van der Waals surface area (Å²) in [6.07, 6.45) is 5.88. The van der Waals surface area contributed by atoms with Crippen LogP contribution in [0.15, 0.2) is 0 Å². The Balaban J connectivity index is 2.05. The molecule has 1 saturated carbocycles. The largest absolute Gasteiger partial charge is 0.329 e. The molecule has 0 amide bonds. The van der Waals surface area contributed by atoms with E-state index < -0.39 is 15.7 Å². The Labute approximate surface area is 123 Å². The first-order valence-electron chi connectivity index (χ1n) is 7.86. The second-order valence-corrected chi connectivity index (χ2v) is 8.55. The maximum atomic E-state index is 12.6. The van der Waals surface area contributed by atoms with Crippen molar-refractivity contribution in [2.45, 2.75) is 57.9 Å². The van der Waals surface area contributed by atoms with Crippen molar-refractivity contribution in [1.29, 1.82) is 0 Å². The average molecular weight is 303 g/mol. The van der Waals surface area contributed by atoms with Gasteiger partial charge in [0.1, 0.15) is 0 Å². The molecule has 1 unspecified atom stereocenters. The van der Waals surface area contributed by atoms with E-state index in [1.54, 1.807) is 4.31 Å². The van der Waals surface area contributed by atoms with Crippen LogP contribution in [0.5, 0.6) is 0 Å². The Morgan fingerprint density at radius 3 is 2.40 bits per heavy atom. The van der Waals surface area contributed by atoms with Gasteiger partial charge < -0.3 is 5.73 Å². The SMILES string of the molecule is CC1CCC(CN)(NS(=O)(=O)N2CCCC(C)C2)CC1. The zero-order valence-electron chi connectivity index (χ0n) is 12.8. The number of hydrogen-bond donors (Lipinski definition) is 2. The molecule has 2 aliphatic rings. The normalized spacial score (nSPS) is 37.0. The first-order valence-corrected chi connectivity index (χ1v) is 9.30. The monoisotopic (exact) mass is 303 g/mol. The van der Waals surface area contributed by atoms with Gasteiger partial charge in [0, 0.05) is 25.2 Å². The lowest BCUT2D eigenvalue weighted by molar-refractivity contribution is 0.219. The molecule has 1 heterocycles. The highest BCUT2D eigenvalue weighted by Crippen LogP contribution is 2.32. The standard InChI is InChI=1S/C14H29N3O2S/c1-12-5-7-14(11-15,8-6-12)16-20(18,19)17-9-3-4-13(2)10-17/h12-13,16H,3-11,15H2,1-2H3. The summed E-state index contributed by atoms with van der Waals surface area (Å²) in [5.74, 6) is 1.12. The molecule has 20 heavy (non-hydrogen) atoms.